The van der Waals surface area contributed by atoms with Gasteiger partial charge in [-0.15, -0.1) is 0 Å². The molecular weight excluding hydrogens is 543 g/mol. The molecule has 1 aliphatic carbocycles. The van der Waals surface area contributed by atoms with Gasteiger partial charge in [-0.2, -0.15) is 8.42 Å². The molecule has 4 rings (SSSR count). The number of anilines is 1. The van der Waals surface area contributed by atoms with Gasteiger partial charge in [0.15, 0.2) is 0 Å². The maximum atomic E-state index is 13.6. The summed E-state index contributed by atoms with van der Waals surface area (Å²) in [5.41, 5.74) is 3.83. The normalized spacial score (nSPS) is 17.9. The topological polar surface area (TPSA) is 113 Å². The van der Waals surface area contributed by atoms with E-state index in [1.807, 2.05) is 36.4 Å². The largest absolute Gasteiger partial charge is 0.351 e. The zero-order valence-corrected chi connectivity index (χ0v) is 24.0. The minimum Gasteiger partial charge on any atom is -0.351 e. The van der Waals surface area contributed by atoms with E-state index in [9.17, 15) is 22.4 Å². The lowest BCUT2D eigenvalue weighted by Crippen LogP contribution is -2.33. The van der Waals surface area contributed by atoms with Crippen LogP contribution in [0.15, 0.2) is 72.8 Å². The molecule has 1 fully saturated rings. The highest BCUT2D eigenvalue weighted by Crippen LogP contribution is 2.37. The van der Waals surface area contributed by atoms with Gasteiger partial charge in [0.05, 0.1) is 5.75 Å². The molecule has 0 spiro atoms. The molecule has 3 N–H and O–H groups in total. The molecule has 0 radical (unpaired) electrons. The number of benzene rings is 3. The van der Waals surface area contributed by atoms with E-state index < -0.39 is 21.8 Å². The third kappa shape index (κ3) is 8.96. The average Bonchev–Trinajstić information content (AvgIpc) is 2.96. The van der Waals surface area contributed by atoms with Crippen LogP contribution in [0.2, 0.25) is 0 Å². The Hall–Kier alpha value is -3.56. The molecule has 3 aromatic rings. The highest BCUT2D eigenvalue weighted by atomic mass is 32.2. The Morgan fingerprint density at radius 1 is 0.902 bits per heavy atom. The standard InChI is InChI=1S/C32H37FN2O5S/c1-2-22-3-7-26(8-4-22)30(21-23-5-9-27(10-6-23)31(36)34-19-20-41(38,39)40)32(37)35-29-17-13-25(14-18-29)24-11-15-28(33)16-12-24/h5-6,9-18,22,26,30H,2-4,7-8,19-21H2,1H3,(H,34,36)(H,35,37)(H,38,39,40). The summed E-state index contributed by atoms with van der Waals surface area (Å²) in [6, 6.07) is 20.8. The predicted octanol–water partition coefficient (Wildman–Crippen LogP) is 6.12. The molecule has 0 bridgehead atoms. The summed E-state index contributed by atoms with van der Waals surface area (Å²) in [7, 11) is -4.15. The molecule has 218 valence electrons. The van der Waals surface area contributed by atoms with Gasteiger partial charge in [0.1, 0.15) is 5.82 Å². The summed E-state index contributed by atoms with van der Waals surface area (Å²) in [6.45, 7) is 2.03. The monoisotopic (exact) mass is 580 g/mol. The molecule has 1 aliphatic rings. The van der Waals surface area contributed by atoms with E-state index >= 15 is 0 Å². The minimum absolute atomic E-state index is 0.0356. The van der Waals surface area contributed by atoms with Gasteiger partial charge in [0, 0.05) is 23.7 Å². The Morgan fingerprint density at radius 2 is 1.49 bits per heavy atom. The predicted molar refractivity (Wildman–Crippen MR) is 159 cm³/mol. The summed E-state index contributed by atoms with van der Waals surface area (Å²) in [5, 5.41) is 5.59. The molecule has 7 nitrogen and oxygen atoms in total. The van der Waals surface area contributed by atoms with Crippen molar-refractivity contribution in [1.82, 2.24) is 5.32 Å². The molecule has 1 atom stereocenters. The average molecular weight is 581 g/mol. The second-order valence-electron chi connectivity index (χ2n) is 10.8. The first-order valence-electron chi connectivity index (χ1n) is 14.1. The minimum atomic E-state index is -4.15. The molecule has 2 amide bonds. The van der Waals surface area contributed by atoms with Crippen LogP contribution in [0, 0.1) is 23.6 Å². The SMILES string of the molecule is CCC1CCC(C(Cc2ccc(C(=O)NCCS(=O)(=O)O)cc2)C(=O)Nc2ccc(-c3ccc(F)cc3)cc2)CC1. The molecule has 0 heterocycles. The van der Waals surface area contributed by atoms with Crippen LogP contribution in [-0.4, -0.2) is 37.1 Å². The Bertz CT molecular complexity index is 1420. The number of amides is 2. The highest BCUT2D eigenvalue weighted by Gasteiger charge is 2.32. The second-order valence-corrected chi connectivity index (χ2v) is 12.4. The van der Waals surface area contributed by atoms with E-state index in [-0.39, 0.29) is 30.1 Å². The molecule has 9 heteroatoms. The van der Waals surface area contributed by atoms with E-state index in [2.05, 4.69) is 17.6 Å². The van der Waals surface area contributed by atoms with E-state index in [1.54, 1.807) is 24.3 Å². The summed E-state index contributed by atoms with van der Waals surface area (Å²) >= 11 is 0. The quantitative estimate of drug-likeness (QED) is 0.237. The van der Waals surface area contributed by atoms with Gasteiger partial charge in [0.2, 0.25) is 5.91 Å². The summed E-state index contributed by atoms with van der Waals surface area (Å²) < 4.78 is 43.9. The number of halogens is 1. The molecule has 0 aliphatic heterocycles. The van der Waals surface area contributed by atoms with E-state index in [1.165, 1.54) is 12.1 Å². The van der Waals surface area contributed by atoms with Crippen LogP contribution in [0.4, 0.5) is 10.1 Å². The maximum absolute atomic E-state index is 13.6. The third-order valence-corrected chi connectivity index (χ3v) is 8.74. The maximum Gasteiger partial charge on any atom is 0.266 e. The van der Waals surface area contributed by atoms with Gasteiger partial charge in [-0.3, -0.25) is 14.1 Å². The fourth-order valence-corrected chi connectivity index (χ4v) is 5.90. The van der Waals surface area contributed by atoms with Gasteiger partial charge in [-0.25, -0.2) is 4.39 Å². The van der Waals surface area contributed by atoms with E-state index in [0.717, 1.165) is 48.8 Å². The van der Waals surface area contributed by atoms with Crippen molar-refractivity contribution in [1.29, 1.82) is 0 Å². The highest BCUT2D eigenvalue weighted by molar-refractivity contribution is 7.85. The first kappa shape index (κ1) is 30.4. The van der Waals surface area contributed by atoms with Gasteiger partial charge in [-0.1, -0.05) is 62.6 Å². The van der Waals surface area contributed by atoms with Crippen LogP contribution in [0.25, 0.3) is 11.1 Å². The number of nitrogens with one attached hydrogen (secondary N) is 2. The van der Waals surface area contributed by atoms with Crippen LogP contribution in [-0.2, 0) is 21.3 Å². The van der Waals surface area contributed by atoms with Gasteiger partial charge >= 0.3 is 0 Å². The molecule has 41 heavy (non-hydrogen) atoms. The lowest BCUT2D eigenvalue weighted by Gasteiger charge is -2.33. The zero-order valence-electron chi connectivity index (χ0n) is 23.2. The van der Waals surface area contributed by atoms with Crippen LogP contribution in [0.3, 0.4) is 0 Å². The van der Waals surface area contributed by atoms with Gasteiger partial charge in [0.25, 0.3) is 16.0 Å². The van der Waals surface area contributed by atoms with Crippen LogP contribution in [0.5, 0.6) is 0 Å². The lowest BCUT2D eigenvalue weighted by atomic mass is 9.73. The molecule has 3 aromatic carbocycles. The number of rotatable bonds is 11. The summed E-state index contributed by atoms with van der Waals surface area (Å²) in [6.07, 6.45) is 5.89. The van der Waals surface area contributed by atoms with Crippen molar-refractivity contribution < 1.29 is 27.0 Å². The number of hydrogen-bond donors (Lipinski definition) is 3. The number of hydrogen-bond acceptors (Lipinski definition) is 4. The van der Waals surface area contributed by atoms with Gasteiger partial charge < -0.3 is 10.6 Å². The van der Waals surface area contributed by atoms with Crippen molar-refractivity contribution in [3.05, 3.63) is 89.7 Å². The molecule has 1 saturated carbocycles. The van der Waals surface area contributed by atoms with Crippen molar-refractivity contribution in [2.45, 2.75) is 45.4 Å². The molecule has 0 aromatic heterocycles. The number of carbonyl (C=O) groups excluding carboxylic acids is 2. The second kappa shape index (κ2) is 13.9. The van der Waals surface area contributed by atoms with Crippen LogP contribution >= 0.6 is 0 Å². The third-order valence-electron chi connectivity index (χ3n) is 8.02. The smallest absolute Gasteiger partial charge is 0.266 e. The van der Waals surface area contributed by atoms with Gasteiger partial charge in [-0.05, 0) is 84.2 Å². The molecular formula is C32H37FN2O5S. The first-order valence-corrected chi connectivity index (χ1v) is 15.7. The lowest BCUT2D eigenvalue weighted by molar-refractivity contribution is -0.122. The fraction of sp³-hybridized carbons (Fsp3) is 0.375. The Kier molecular flexibility index (Phi) is 10.3. The van der Waals surface area contributed by atoms with Crippen molar-refractivity contribution in [3.8, 4) is 11.1 Å². The van der Waals surface area contributed by atoms with Crippen molar-refractivity contribution in [2.24, 2.45) is 17.8 Å². The van der Waals surface area contributed by atoms with E-state index in [4.69, 9.17) is 4.55 Å². The molecule has 1 unspecified atom stereocenters. The Morgan fingerprint density at radius 3 is 2.05 bits per heavy atom. The van der Waals surface area contributed by atoms with Crippen LogP contribution < -0.4 is 10.6 Å². The zero-order chi connectivity index (χ0) is 29.4. The van der Waals surface area contributed by atoms with Crippen molar-refractivity contribution >= 4 is 27.6 Å². The van der Waals surface area contributed by atoms with E-state index in [0.29, 0.717) is 23.6 Å². The van der Waals surface area contributed by atoms with Crippen molar-refractivity contribution in [3.63, 3.8) is 0 Å². The number of carbonyl (C=O) groups is 2. The van der Waals surface area contributed by atoms with Crippen molar-refractivity contribution in [2.75, 3.05) is 17.6 Å². The summed E-state index contributed by atoms with van der Waals surface area (Å²) in [4.78, 5) is 26.0. The Labute approximate surface area is 241 Å². The van der Waals surface area contributed by atoms with Crippen LogP contribution in [0.1, 0.15) is 54.9 Å². The Balaban J connectivity index is 1.44. The summed E-state index contributed by atoms with van der Waals surface area (Å²) in [5.74, 6) is -0.595. The molecule has 0 saturated heterocycles. The fourth-order valence-electron chi connectivity index (χ4n) is 5.54. The first-order chi connectivity index (χ1) is 19.6.